The number of rotatable bonds is 5. The number of imide groups is 1. The predicted molar refractivity (Wildman–Crippen MR) is 61.5 cm³/mol. The molecule has 0 atom stereocenters. The Labute approximate surface area is 112 Å². The van der Waals surface area contributed by atoms with Crippen molar-refractivity contribution >= 4 is 23.8 Å². The van der Waals surface area contributed by atoms with Gasteiger partial charge in [-0.3, -0.25) is 9.59 Å². The molecule has 0 saturated carbocycles. The monoisotopic (exact) mass is 279 g/mol. The number of amides is 2. The number of carbonyl (C=O) groups excluding carboxylic acids is 3. The summed E-state index contributed by atoms with van der Waals surface area (Å²) < 4.78 is 4.49. The highest BCUT2D eigenvalue weighted by Gasteiger charge is 2.38. The molecule has 2 amide bonds. The van der Waals surface area contributed by atoms with Gasteiger partial charge in [0.05, 0.1) is 11.1 Å². The van der Waals surface area contributed by atoms with Crippen molar-refractivity contribution in [3.63, 3.8) is 0 Å². The highest BCUT2D eigenvalue weighted by atomic mass is 16.7. The fourth-order valence-corrected chi connectivity index (χ4v) is 1.60. The van der Waals surface area contributed by atoms with Crippen LogP contribution in [0.15, 0.2) is 24.3 Å². The van der Waals surface area contributed by atoms with E-state index in [9.17, 15) is 19.2 Å². The minimum absolute atomic E-state index is 0.136. The molecule has 0 spiro atoms. The summed E-state index contributed by atoms with van der Waals surface area (Å²) in [6.45, 7) is -1.36. The maximum Gasteiger partial charge on any atom is 0.358 e. The average Bonchev–Trinajstić information content (AvgIpc) is 2.64. The van der Waals surface area contributed by atoms with Gasteiger partial charge in [-0.15, -0.1) is 0 Å². The van der Waals surface area contributed by atoms with Crippen molar-refractivity contribution in [2.45, 2.75) is 0 Å². The van der Waals surface area contributed by atoms with Crippen molar-refractivity contribution in [1.29, 1.82) is 0 Å². The molecule has 0 unspecified atom stereocenters. The van der Waals surface area contributed by atoms with Crippen LogP contribution in [0.2, 0.25) is 0 Å². The van der Waals surface area contributed by atoms with E-state index < -0.39 is 37.0 Å². The number of nitrogens with zero attached hydrogens (tertiary/aromatic N) is 1. The van der Waals surface area contributed by atoms with Gasteiger partial charge in [0.25, 0.3) is 11.8 Å². The number of fused-ring (bicyclic) bond motifs is 1. The van der Waals surface area contributed by atoms with Crippen LogP contribution >= 0.6 is 0 Å². The number of benzene rings is 1. The van der Waals surface area contributed by atoms with Crippen LogP contribution in [0.1, 0.15) is 20.7 Å². The third-order valence-electron chi connectivity index (χ3n) is 2.40. The Morgan fingerprint density at radius 3 is 2.10 bits per heavy atom. The predicted octanol–water partition coefficient (Wildman–Crippen LogP) is -0.158. The lowest BCUT2D eigenvalue weighted by Gasteiger charge is -2.12. The molecule has 0 saturated heterocycles. The molecule has 1 heterocycles. The molecular formula is C12H9NO7. The highest BCUT2D eigenvalue weighted by Crippen LogP contribution is 2.22. The lowest BCUT2D eigenvalue weighted by Crippen LogP contribution is -2.34. The van der Waals surface area contributed by atoms with Crippen molar-refractivity contribution in [3.8, 4) is 0 Å². The van der Waals surface area contributed by atoms with Crippen LogP contribution in [0.5, 0.6) is 0 Å². The second-order valence-corrected chi connectivity index (χ2v) is 3.80. The highest BCUT2D eigenvalue weighted by molar-refractivity contribution is 6.20. The molecule has 2 rings (SSSR count). The van der Waals surface area contributed by atoms with E-state index in [0.29, 0.717) is 5.06 Å². The van der Waals surface area contributed by atoms with Gasteiger partial charge < -0.3 is 14.7 Å². The number of aliphatic carboxylic acids is 1. The summed E-state index contributed by atoms with van der Waals surface area (Å²) in [7, 11) is 0. The van der Waals surface area contributed by atoms with Gasteiger partial charge in [0.2, 0.25) is 0 Å². The molecule has 1 aromatic carbocycles. The van der Waals surface area contributed by atoms with Crippen LogP contribution in [-0.4, -0.2) is 47.1 Å². The zero-order chi connectivity index (χ0) is 14.7. The number of carboxylic acid groups (broad SMARTS) is 1. The van der Waals surface area contributed by atoms with Crippen LogP contribution < -0.4 is 0 Å². The molecule has 0 aromatic heterocycles. The molecule has 20 heavy (non-hydrogen) atoms. The van der Waals surface area contributed by atoms with E-state index in [4.69, 9.17) is 5.11 Å². The molecule has 0 aliphatic carbocycles. The second-order valence-electron chi connectivity index (χ2n) is 3.80. The summed E-state index contributed by atoms with van der Waals surface area (Å²) in [4.78, 5) is 49.7. The quantitative estimate of drug-likeness (QED) is 0.745. The van der Waals surface area contributed by atoms with Crippen molar-refractivity contribution in [3.05, 3.63) is 35.4 Å². The molecule has 8 nitrogen and oxygen atoms in total. The maximum atomic E-state index is 11.8. The Kier molecular flexibility index (Phi) is 3.76. The van der Waals surface area contributed by atoms with E-state index >= 15 is 0 Å². The smallest absolute Gasteiger partial charge is 0.358 e. The molecule has 0 fully saturated rings. The number of carbonyl (C=O) groups is 4. The van der Waals surface area contributed by atoms with E-state index in [2.05, 4.69) is 9.57 Å². The van der Waals surface area contributed by atoms with Crippen LogP contribution in [0.25, 0.3) is 0 Å². The third kappa shape index (κ3) is 2.64. The number of carboxylic acids is 1. The van der Waals surface area contributed by atoms with Gasteiger partial charge in [-0.2, -0.15) is 0 Å². The SMILES string of the molecule is O=C(O)COCC(=O)ON1C(=O)c2ccccc2C1=O. The minimum atomic E-state index is -1.25. The van der Waals surface area contributed by atoms with Crippen LogP contribution in [0, 0.1) is 0 Å². The summed E-state index contributed by atoms with van der Waals surface area (Å²) in [5.74, 6) is -3.80. The molecule has 1 N–H and O–H groups in total. The average molecular weight is 279 g/mol. The normalized spacial score (nSPS) is 13.3. The summed E-state index contributed by atoms with van der Waals surface area (Å²) >= 11 is 0. The Bertz CT molecular complexity index is 560. The fraction of sp³-hybridized carbons (Fsp3) is 0.167. The van der Waals surface area contributed by atoms with Gasteiger partial charge in [0.1, 0.15) is 13.2 Å². The molecule has 1 aromatic rings. The van der Waals surface area contributed by atoms with Gasteiger partial charge >= 0.3 is 11.9 Å². The van der Waals surface area contributed by atoms with E-state index in [1.165, 1.54) is 12.1 Å². The molecule has 104 valence electrons. The van der Waals surface area contributed by atoms with Gasteiger partial charge in [-0.1, -0.05) is 17.2 Å². The van der Waals surface area contributed by atoms with Crippen LogP contribution in [-0.2, 0) is 19.2 Å². The Hall–Kier alpha value is -2.74. The van der Waals surface area contributed by atoms with Crippen LogP contribution in [0.3, 0.4) is 0 Å². The van der Waals surface area contributed by atoms with Crippen molar-refractivity contribution in [1.82, 2.24) is 5.06 Å². The Morgan fingerprint density at radius 2 is 1.60 bits per heavy atom. The molecule has 0 radical (unpaired) electrons. The van der Waals surface area contributed by atoms with Crippen molar-refractivity contribution < 1.29 is 33.9 Å². The summed E-state index contributed by atoms with van der Waals surface area (Å²) in [6, 6.07) is 6.02. The zero-order valence-corrected chi connectivity index (χ0v) is 10.1. The van der Waals surface area contributed by atoms with E-state index in [0.717, 1.165) is 0 Å². The lowest BCUT2D eigenvalue weighted by molar-refractivity contribution is -0.174. The lowest BCUT2D eigenvalue weighted by atomic mass is 10.1. The number of hydroxylamine groups is 2. The fourth-order valence-electron chi connectivity index (χ4n) is 1.60. The summed E-state index contributed by atoms with van der Waals surface area (Å²) in [5, 5.41) is 8.65. The summed E-state index contributed by atoms with van der Waals surface area (Å²) in [5.41, 5.74) is 0.272. The minimum Gasteiger partial charge on any atom is -0.480 e. The van der Waals surface area contributed by atoms with Gasteiger partial charge in [-0.25, -0.2) is 9.59 Å². The topological polar surface area (TPSA) is 110 Å². The molecule has 8 heteroatoms. The Balaban J connectivity index is 1.98. The molecular weight excluding hydrogens is 270 g/mol. The first-order valence-corrected chi connectivity index (χ1v) is 5.49. The first-order valence-electron chi connectivity index (χ1n) is 5.49. The Morgan fingerprint density at radius 1 is 1.05 bits per heavy atom. The first kappa shape index (κ1) is 13.7. The van der Waals surface area contributed by atoms with Crippen LogP contribution in [0.4, 0.5) is 0 Å². The van der Waals surface area contributed by atoms with Gasteiger partial charge in [0, 0.05) is 0 Å². The van der Waals surface area contributed by atoms with Gasteiger partial charge in [-0.05, 0) is 12.1 Å². The molecule has 0 bridgehead atoms. The summed E-state index contributed by atoms with van der Waals surface area (Å²) in [6.07, 6.45) is 0. The van der Waals surface area contributed by atoms with Crippen molar-refractivity contribution in [2.75, 3.05) is 13.2 Å². The maximum absolute atomic E-state index is 11.8. The molecule has 1 aliphatic rings. The second kappa shape index (κ2) is 5.49. The molecule has 1 aliphatic heterocycles. The van der Waals surface area contributed by atoms with E-state index in [-0.39, 0.29) is 11.1 Å². The number of hydrogen-bond acceptors (Lipinski definition) is 6. The number of ether oxygens (including phenoxy) is 1. The zero-order valence-electron chi connectivity index (χ0n) is 10.1. The first-order chi connectivity index (χ1) is 9.50. The largest absolute Gasteiger partial charge is 0.480 e. The number of hydrogen-bond donors (Lipinski definition) is 1. The standard InChI is InChI=1S/C12H9NO7/c14-9(15)5-19-6-10(16)20-13-11(17)7-3-1-2-4-8(7)12(13)18/h1-4H,5-6H2,(H,14,15). The van der Waals surface area contributed by atoms with E-state index in [1.54, 1.807) is 12.1 Å². The third-order valence-corrected chi connectivity index (χ3v) is 2.40. The van der Waals surface area contributed by atoms with Crippen molar-refractivity contribution in [2.24, 2.45) is 0 Å². The van der Waals surface area contributed by atoms with E-state index in [1.807, 2.05) is 0 Å². The van der Waals surface area contributed by atoms with Gasteiger partial charge in [0.15, 0.2) is 0 Å².